The van der Waals surface area contributed by atoms with E-state index in [0.717, 1.165) is 6.42 Å². The number of amides is 1. The van der Waals surface area contributed by atoms with E-state index in [0.29, 0.717) is 12.8 Å². The zero-order valence-electron chi connectivity index (χ0n) is 19.0. The number of carbonyl (C=O) groups excluding carboxylic acids is 2. The Hall–Kier alpha value is -2.46. The minimum atomic E-state index is -6.01. The zero-order valence-corrected chi connectivity index (χ0v) is 19.0. The summed E-state index contributed by atoms with van der Waals surface area (Å²) in [4.78, 5) is 25.8. The number of Topliss-reactive ketones (excluding diaryl/α,β-unsaturated/α-hetero) is 1. The molecule has 34 heavy (non-hydrogen) atoms. The molecular weight excluding hydrogens is 466 g/mol. The Bertz CT molecular complexity index is 911. The number of hydrogen-bond donors (Lipinski definition) is 2. The van der Waals surface area contributed by atoms with Crippen LogP contribution in [0, 0.1) is 11.3 Å². The first-order chi connectivity index (χ1) is 15.7. The van der Waals surface area contributed by atoms with Crippen molar-refractivity contribution in [1.29, 1.82) is 0 Å². The molecule has 2 aliphatic carbocycles. The van der Waals surface area contributed by atoms with E-state index in [-0.39, 0.29) is 31.6 Å². The van der Waals surface area contributed by atoms with Crippen LogP contribution in [-0.2, 0) is 16.1 Å². The van der Waals surface area contributed by atoms with Crippen LogP contribution in [0.2, 0.25) is 0 Å². The summed E-state index contributed by atoms with van der Waals surface area (Å²) in [5, 5.41) is 3.88. The smallest absolute Gasteiger partial charge is 0.425 e. The van der Waals surface area contributed by atoms with Crippen molar-refractivity contribution in [3.05, 3.63) is 35.4 Å². The monoisotopic (exact) mass is 494 g/mol. The van der Waals surface area contributed by atoms with Gasteiger partial charge in [0.2, 0.25) is 5.91 Å². The first kappa shape index (κ1) is 26.2. The molecule has 0 aliphatic heterocycles. The van der Waals surface area contributed by atoms with Crippen LogP contribution in [0.5, 0.6) is 0 Å². The summed E-state index contributed by atoms with van der Waals surface area (Å²) in [6.07, 6.45) is -9.27. The quantitative estimate of drug-likeness (QED) is 0.507. The Morgan fingerprint density at radius 3 is 2.21 bits per heavy atom. The molecule has 0 spiro atoms. The molecule has 2 N–H and O–H groups in total. The second kappa shape index (κ2) is 9.30. The number of furan rings is 1. The Labute approximate surface area is 193 Å². The first-order valence-corrected chi connectivity index (χ1v) is 11.2. The van der Waals surface area contributed by atoms with Crippen LogP contribution in [0.1, 0.15) is 64.6 Å². The van der Waals surface area contributed by atoms with E-state index >= 15 is 0 Å². The van der Waals surface area contributed by atoms with Crippen molar-refractivity contribution in [2.75, 3.05) is 0 Å². The number of hydrogen-bond acceptors (Lipinski definition) is 4. The number of halogens is 6. The summed E-state index contributed by atoms with van der Waals surface area (Å²) < 4.78 is 91.9. The molecular formula is C23H28F6N2O3. The highest BCUT2D eigenvalue weighted by molar-refractivity contribution is 6.01. The molecule has 0 saturated heterocycles. The van der Waals surface area contributed by atoms with E-state index in [1.54, 1.807) is 13.8 Å². The van der Waals surface area contributed by atoms with Gasteiger partial charge in [0.1, 0.15) is 5.76 Å². The Balaban J connectivity index is 2.16. The molecule has 1 fully saturated rings. The van der Waals surface area contributed by atoms with Crippen molar-refractivity contribution in [3.8, 4) is 0 Å². The minimum absolute atomic E-state index is 0.196. The topological polar surface area (TPSA) is 71.3 Å². The number of carbonyl (C=O) groups is 2. The van der Waals surface area contributed by atoms with Gasteiger partial charge in [-0.15, -0.1) is 0 Å². The third-order valence-electron chi connectivity index (χ3n) is 6.44. The minimum Gasteiger partial charge on any atom is -0.467 e. The fraction of sp³-hybridized carbons (Fsp3) is 0.652. The second-order valence-corrected chi connectivity index (χ2v) is 9.80. The lowest BCUT2D eigenvalue weighted by atomic mass is 9.69. The maximum absolute atomic E-state index is 14.5. The van der Waals surface area contributed by atoms with Gasteiger partial charge in [-0.1, -0.05) is 33.1 Å². The molecule has 2 aliphatic rings. The third kappa shape index (κ3) is 5.12. The van der Waals surface area contributed by atoms with Gasteiger partial charge >= 0.3 is 12.4 Å². The molecule has 5 nitrogen and oxygen atoms in total. The molecule has 1 amide bonds. The molecule has 11 heteroatoms. The molecule has 0 radical (unpaired) electrons. The van der Waals surface area contributed by atoms with E-state index < -0.39 is 58.6 Å². The SMILES string of the molecule is CC1(C)CC(=O)C(C(NC(=O)C2CCCCC2)(C(F)(F)F)C(F)(F)F)=C(NCc2ccco2)C1. The van der Waals surface area contributed by atoms with Gasteiger partial charge in [0.25, 0.3) is 5.54 Å². The average Bonchev–Trinajstić information content (AvgIpc) is 3.22. The largest absolute Gasteiger partial charge is 0.467 e. The normalized spacial score (nSPS) is 20.4. The van der Waals surface area contributed by atoms with Crippen LogP contribution in [0.25, 0.3) is 0 Å². The first-order valence-electron chi connectivity index (χ1n) is 11.2. The van der Waals surface area contributed by atoms with Crippen LogP contribution < -0.4 is 10.6 Å². The number of allylic oxidation sites excluding steroid dienone is 1. The molecule has 0 atom stereocenters. The zero-order chi connectivity index (χ0) is 25.4. The molecule has 3 rings (SSSR count). The third-order valence-corrected chi connectivity index (χ3v) is 6.44. The van der Waals surface area contributed by atoms with Gasteiger partial charge in [-0.25, -0.2) is 0 Å². The number of nitrogens with one attached hydrogen (secondary N) is 2. The summed E-state index contributed by atoms with van der Waals surface area (Å²) in [6, 6.07) is 3.01. The lowest BCUT2D eigenvalue weighted by molar-refractivity contribution is -0.293. The highest BCUT2D eigenvalue weighted by Crippen LogP contribution is 2.52. The summed E-state index contributed by atoms with van der Waals surface area (Å²) in [6.45, 7) is 2.94. The van der Waals surface area contributed by atoms with Crippen LogP contribution in [0.15, 0.2) is 34.1 Å². The molecule has 1 aromatic heterocycles. The van der Waals surface area contributed by atoms with Crippen LogP contribution >= 0.6 is 0 Å². The molecule has 0 unspecified atom stereocenters. The molecule has 0 aromatic carbocycles. The van der Waals surface area contributed by atoms with Gasteiger partial charge in [-0.05, 0) is 36.8 Å². The van der Waals surface area contributed by atoms with E-state index in [1.165, 1.54) is 23.7 Å². The molecule has 1 heterocycles. The summed E-state index contributed by atoms with van der Waals surface area (Å²) in [5.74, 6) is -3.37. The average molecular weight is 494 g/mol. The molecule has 1 aromatic rings. The number of rotatable bonds is 6. The van der Waals surface area contributed by atoms with Crippen molar-refractivity contribution in [3.63, 3.8) is 0 Å². The summed E-state index contributed by atoms with van der Waals surface area (Å²) in [7, 11) is 0. The highest BCUT2D eigenvalue weighted by Gasteiger charge is 2.76. The molecule has 1 saturated carbocycles. The van der Waals surface area contributed by atoms with Crippen molar-refractivity contribution in [1.82, 2.24) is 10.6 Å². The standard InChI is InChI=1S/C23H28F6N2O3/c1-20(2)11-16(30-13-15-9-6-10-34-15)18(17(32)12-20)21(22(24,25)26,23(27,28)29)31-19(33)14-7-4-3-5-8-14/h6,9-10,14,30H,3-5,7-8,11-13H2,1-2H3,(H,31,33). The fourth-order valence-electron chi connectivity index (χ4n) is 4.81. The fourth-order valence-corrected chi connectivity index (χ4v) is 4.81. The number of alkyl halides is 6. The van der Waals surface area contributed by atoms with Gasteiger partial charge in [-0.3, -0.25) is 9.59 Å². The maximum Gasteiger partial charge on any atom is 0.425 e. The van der Waals surface area contributed by atoms with Crippen molar-refractivity contribution in [2.45, 2.75) is 83.2 Å². The maximum atomic E-state index is 14.5. The van der Waals surface area contributed by atoms with E-state index in [1.807, 2.05) is 0 Å². The van der Waals surface area contributed by atoms with Gasteiger partial charge in [0, 0.05) is 18.0 Å². The molecule has 0 bridgehead atoms. The highest BCUT2D eigenvalue weighted by atomic mass is 19.4. The van der Waals surface area contributed by atoms with Crippen LogP contribution in [0.4, 0.5) is 26.3 Å². The van der Waals surface area contributed by atoms with E-state index in [4.69, 9.17) is 4.42 Å². The van der Waals surface area contributed by atoms with Crippen molar-refractivity contribution in [2.24, 2.45) is 11.3 Å². The number of ketones is 1. The van der Waals surface area contributed by atoms with Crippen LogP contribution in [0.3, 0.4) is 0 Å². The Kier molecular flexibility index (Phi) is 7.15. The predicted molar refractivity (Wildman–Crippen MR) is 110 cm³/mol. The Morgan fingerprint density at radius 1 is 1.06 bits per heavy atom. The predicted octanol–water partition coefficient (Wildman–Crippen LogP) is 5.57. The van der Waals surface area contributed by atoms with Crippen molar-refractivity contribution >= 4 is 11.7 Å². The van der Waals surface area contributed by atoms with E-state index in [9.17, 15) is 35.9 Å². The van der Waals surface area contributed by atoms with Crippen LogP contribution in [-0.4, -0.2) is 29.6 Å². The van der Waals surface area contributed by atoms with E-state index in [2.05, 4.69) is 5.32 Å². The second-order valence-electron chi connectivity index (χ2n) is 9.80. The van der Waals surface area contributed by atoms with Crippen molar-refractivity contribution < 1.29 is 40.3 Å². The van der Waals surface area contributed by atoms with Gasteiger partial charge < -0.3 is 15.1 Å². The van der Waals surface area contributed by atoms with Gasteiger partial charge in [0.15, 0.2) is 5.78 Å². The van der Waals surface area contributed by atoms with Gasteiger partial charge in [0.05, 0.1) is 18.4 Å². The lowest BCUT2D eigenvalue weighted by Gasteiger charge is -2.44. The van der Waals surface area contributed by atoms with Gasteiger partial charge in [-0.2, -0.15) is 26.3 Å². The summed E-state index contributed by atoms with van der Waals surface area (Å²) in [5.41, 5.74) is -7.71. The summed E-state index contributed by atoms with van der Waals surface area (Å²) >= 11 is 0. The Morgan fingerprint density at radius 2 is 1.68 bits per heavy atom. The lowest BCUT2D eigenvalue weighted by Crippen LogP contribution is -2.71. The molecule has 190 valence electrons.